The van der Waals surface area contributed by atoms with Crippen LogP contribution in [0.3, 0.4) is 0 Å². The fourth-order valence-corrected chi connectivity index (χ4v) is 3.38. The van der Waals surface area contributed by atoms with Crippen LogP contribution in [0.4, 0.5) is 5.13 Å². The normalized spacial score (nSPS) is 13.8. The molecule has 2 N–H and O–H groups in total. The molecule has 0 aromatic carbocycles. The zero-order valence-corrected chi connectivity index (χ0v) is 15.6. The van der Waals surface area contributed by atoms with Crippen LogP contribution in [0, 0.1) is 0 Å². The molecule has 3 heterocycles. The highest BCUT2D eigenvalue weighted by Gasteiger charge is 2.23. The summed E-state index contributed by atoms with van der Waals surface area (Å²) in [5.41, 5.74) is 1.07. The summed E-state index contributed by atoms with van der Waals surface area (Å²) in [5.74, 6) is 0.457. The van der Waals surface area contributed by atoms with Gasteiger partial charge >= 0.3 is 0 Å². The Hall–Kier alpha value is -2.27. The molecule has 11 heteroatoms. The van der Waals surface area contributed by atoms with Gasteiger partial charge in [0.15, 0.2) is 11.0 Å². The Morgan fingerprint density at radius 2 is 2.32 bits per heavy atom. The number of aryl methyl sites for hydroxylation is 1. The molecule has 4 rings (SSSR count). The van der Waals surface area contributed by atoms with Crippen LogP contribution in [-0.2, 0) is 13.6 Å². The maximum atomic E-state index is 12.1. The van der Waals surface area contributed by atoms with Gasteiger partial charge in [-0.1, -0.05) is 5.16 Å². The zero-order chi connectivity index (χ0) is 17.4. The second-order valence-corrected chi connectivity index (χ2v) is 7.30. The quantitative estimate of drug-likeness (QED) is 0.624. The summed E-state index contributed by atoms with van der Waals surface area (Å²) in [6.45, 7) is 0.155. The molecule has 0 radical (unpaired) electrons. The smallest absolute Gasteiger partial charge is 0.277 e. The van der Waals surface area contributed by atoms with Crippen molar-refractivity contribution in [1.29, 1.82) is 0 Å². The van der Waals surface area contributed by atoms with Gasteiger partial charge in [0.25, 0.3) is 11.8 Å². The molecule has 3 aromatic heterocycles. The average molecular weight is 424 g/mol. The third-order valence-electron chi connectivity index (χ3n) is 3.59. The minimum Gasteiger partial charge on any atom is -0.359 e. The third-order valence-corrected chi connectivity index (χ3v) is 4.75. The number of nitrogens with zero attached hydrogens (tertiary/aromatic N) is 5. The van der Waals surface area contributed by atoms with Gasteiger partial charge in [0.05, 0.1) is 6.54 Å². The van der Waals surface area contributed by atoms with Crippen molar-refractivity contribution in [3.05, 3.63) is 27.6 Å². The summed E-state index contributed by atoms with van der Waals surface area (Å²) in [4.78, 5) is 20.9. The molecule has 0 spiro atoms. The van der Waals surface area contributed by atoms with E-state index < -0.39 is 0 Å². The van der Waals surface area contributed by atoms with Crippen LogP contribution < -0.4 is 10.6 Å². The van der Waals surface area contributed by atoms with Crippen molar-refractivity contribution < 1.29 is 9.32 Å². The van der Waals surface area contributed by atoms with Gasteiger partial charge in [-0.05, 0) is 28.8 Å². The molecule has 130 valence electrons. The molecule has 1 aliphatic rings. The van der Waals surface area contributed by atoms with E-state index in [1.54, 1.807) is 13.1 Å². The Morgan fingerprint density at radius 3 is 3.04 bits per heavy atom. The first-order valence-corrected chi connectivity index (χ1v) is 9.28. The first kappa shape index (κ1) is 16.2. The van der Waals surface area contributed by atoms with Crippen molar-refractivity contribution in [1.82, 2.24) is 30.2 Å². The largest absolute Gasteiger partial charge is 0.359 e. The van der Waals surface area contributed by atoms with Gasteiger partial charge in [0.1, 0.15) is 16.0 Å². The molecule has 9 nitrogen and oxygen atoms in total. The molecule has 1 aliphatic carbocycles. The van der Waals surface area contributed by atoms with Gasteiger partial charge in [-0.25, -0.2) is 4.98 Å². The zero-order valence-electron chi connectivity index (χ0n) is 13.2. The predicted molar refractivity (Wildman–Crippen MR) is 94.1 cm³/mol. The Labute approximate surface area is 155 Å². The Morgan fingerprint density at radius 1 is 1.48 bits per heavy atom. The lowest BCUT2D eigenvalue weighted by molar-refractivity contribution is 0.0940. The number of anilines is 1. The third kappa shape index (κ3) is 3.71. The maximum absolute atomic E-state index is 12.1. The Kier molecular flexibility index (Phi) is 4.25. The van der Waals surface area contributed by atoms with Crippen molar-refractivity contribution >= 4 is 38.3 Å². The Balaban J connectivity index is 1.38. The summed E-state index contributed by atoms with van der Waals surface area (Å²) in [7, 11) is 1.70. The van der Waals surface area contributed by atoms with E-state index in [0.29, 0.717) is 33.7 Å². The van der Waals surface area contributed by atoms with Crippen molar-refractivity contribution in [2.75, 3.05) is 5.32 Å². The molecule has 0 atom stereocenters. The van der Waals surface area contributed by atoms with E-state index in [1.165, 1.54) is 28.9 Å². The molecule has 0 saturated heterocycles. The number of nitrogens with one attached hydrogen (secondary N) is 2. The van der Waals surface area contributed by atoms with E-state index >= 15 is 0 Å². The lowest BCUT2D eigenvalue weighted by Crippen LogP contribution is -2.25. The van der Waals surface area contributed by atoms with Gasteiger partial charge < -0.3 is 15.2 Å². The summed E-state index contributed by atoms with van der Waals surface area (Å²) >= 11 is 4.74. The topological polar surface area (TPSA) is 111 Å². The van der Waals surface area contributed by atoms with Crippen LogP contribution in [0.1, 0.15) is 29.2 Å². The van der Waals surface area contributed by atoms with E-state index in [-0.39, 0.29) is 12.5 Å². The van der Waals surface area contributed by atoms with Gasteiger partial charge in [-0.2, -0.15) is 10.1 Å². The van der Waals surface area contributed by atoms with Crippen molar-refractivity contribution in [3.63, 3.8) is 0 Å². The minimum absolute atomic E-state index is 0.155. The molecule has 0 bridgehead atoms. The number of amides is 1. The van der Waals surface area contributed by atoms with Crippen LogP contribution in [0.25, 0.3) is 11.6 Å². The Bertz CT molecular complexity index is 914. The monoisotopic (exact) mass is 423 g/mol. The number of carbonyl (C=O) groups is 1. The molecule has 0 aliphatic heterocycles. The van der Waals surface area contributed by atoms with Crippen LogP contribution in [0.2, 0.25) is 0 Å². The predicted octanol–water partition coefficient (Wildman–Crippen LogP) is 2.19. The van der Waals surface area contributed by atoms with Gasteiger partial charge in [0, 0.05) is 24.5 Å². The van der Waals surface area contributed by atoms with Crippen molar-refractivity contribution in [3.8, 4) is 11.6 Å². The molecule has 3 aromatic rings. The van der Waals surface area contributed by atoms with E-state index in [1.807, 2.05) is 5.38 Å². The number of hydrogen-bond acceptors (Lipinski definition) is 8. The first-order chi connectivity index (χ1) is 12.1. The standard InChI is InChI=1S/C14H14BrN7O2S/c1-22-9(4-10(15)20-22)12(23)16-5-11-19-13(24-21-11)8-6-25-14(18-8)17-7-2-3-7/h4,6-7H,2-3,5H2,1H3,(H,16,23)(H,17,18). The molecular formula is C14H14BrN7O2S. The fraction of sp³-hybridized carbons (Fsp3) is 0.357. The molecule has 1 saturated carbocycles. The minimum atomic E-state index is -0.267. The second-order valence-electron chi connectivity index (χ2n) is 5.63. The number of rotatable bonds is 6. The van der Waals surface area contributed by atoms with Gasteiger partial charge in [-0.15, -0.1) is 11.3 Å². The van der Waals surface area contributed by atoms with Gasteiger partial charge in [0.2, 0.25) is 0 Å². The van der Waals surface area contributed by atoms with Crippen LogP contribution in [0.5, 0.6) is 0 Å². The van der Waals surface area contributed by atoms with E-state index in [9.17, 15) is 4.79 Å². The van der Waals surface area contributed by atoms with Crippen molar-refractivity contribution in [2.45, 2.75) is 25.4 Å². The number of hydrogen-bond donors (Lipinski definition) is 2. The highest BCUT2D eigenvalue weighted by atomic mass is 79.9. The fourth-order valence-electron chi connectivity index (χ4n) is 2.17. The summed E-state index contributed by atoms with van der Waals surface area (Å²) in [5, 5.41) is 16.7. The number of aromatic nitrogens is 5. The molecule has 1 fully saturated rings. The number of halogens is 1. The number of thiazole rings is 1. The number of carbonyl (C=O) groups excluding carboxylic acids is 1. The second kappa shape index (κ2) is 6.56. The molecule has 1 amide bonds. The SMILES string of the molecule is Cn1nc(Br)cc1C(=O)NCc1noc(-c2csc(NC3CC3)n2)n1. The maximum Gasteiger partial charge on any atom is 0.277 e. The van der Waals surface area contributed by atoms with Crippen molar-refractivity contribution in [2.24, 2.45) is 7.05 Å². The lowest BCUT2D eigenvalue weighted by Gasteiger charge is -2.01. The summed E-state index contributed by atoms with van der Waals surface area (Å²) in [6, 6.07) is 2.18. The van der Waals surface area contributed by atoms with E-state index in [4.69, 9.17) is 4.52 Å². The molecular weight excluding hydrogens is 410 g/mol. The highest BCUT2D eigenvalue weighted by Crippen LogP contribution is 2.29. The van der Waals surface area contributed by atoms with Crippen LogP contribution in [0.15, 0.2) is 20.6 Å². The molecule has 25 heavy (non-hydrogen) atoms. The average Bonchev–Trinajstić information content (AvgIpc) is 2.98. The van der Waals surface area contributed by atoms with Crippen LogP contribution in [-0.4, -0.2) is 36.9 Å². The van der Waals surface area contributed by atoms with E-state index in [0.717, 1.165) is 5.13 Å². The highest BCUT2D eigenvalue weighted by molar-refractivity contribution is 9.10. The lowest BCUT2D eigenvalue weighted by atomic mass is 10.4. The van der Waals surface area contributed by atoms with Gasteiger partial charge in [-0.3, -0.25) is 9.48 Å². The van der Waals surface area contributed by atoms with E-state index in [2.05, 4.69) is 46.8 Å². The summed E-state index contributed by atoms with van der Waals surface area (Å²) < 4.78 is 7.32. The first-order valence-electron chi connectivity index (χ1n) is 7.61. The summed E-state index contributed by atoms with van der Waals surface area (Å²) in [6.07, 6.45) is 2.37. The van der Waals surface area contributed by atoms with Crippen LogP contribution >= 0.6 is 27.3 Å². The molecule has 0 unspecified atom stereocenters.